The second-order valence-corrected chi connectivity index (χ2v) is 8.62. The van der Waals surface area contributed by atoms with Gasteiger partial charge in [0.05, 0.1) is 30.6 Å². The number of imidazole rings is 1. The highest BCUT2D eigenvalue weighted by Gasteiger charge is 2.26. The molecule has 1 atom stereocenters. The summed E-state index contributed by atoms with van der Waals surface area (Å²) in [4.78, 5) is 17.6. The van der Waals surface area contributed by atoms with Crippen LogP contribution in [0, 0.1) is 0 Å². The third kappa shape index (κ3) is 5.29. The number of nitrogen functional groups attached to an aromatic ring is 1. The Morgan fingerprint density at radius 2 is 2.04 bits per heavy atom. The SMILES string of the molecule is CCOP(=O)(CSC(CO)COn1cnc2c(N)ncnc21)OCC. The number of thioether (sulfide) groups is 1. The van der Waals surface area contributed by atoms with Gasteiger partial charge in [-0.2, -0.15) is 4.73 Å². The van der Waals surface area contributed by atoms with Crippen molar-refractivity contribution < 1.29 is 23.6 Å². The van der Waals surface area contributed by atoms with Crippen LogP contribution in [0.1, 0.15) is 13.8 Å². The average Bonchev–Trinajstić information content (AvgIpc) is 3.00. The molecule has 12 heteroatoms. The maximum atomic E-state index is 12.4. The summed E-state index contributed by atoms with van der Waals surface area (Å²) < 4.78 is 24.3. The molecular weight excluding hydrogens is 369 g/mol. The summed E-state index contributed by atoms with van der Waals surface area (Å²) in [6.07, 6.45) is 2.75. The van der Waals surface area contributed by atoms with Crippen molar-refractivity contribution in [3.05, 3.63) is 12.7 Å². The van der Waals surface area contributed by atoms with Gasteiger partial charge in [-0.15, -0.1) is 11.8 Å². The number of nitrogens with two attached hydrogens (primary N) is 1. The summed E-state index contributed by atoms with van der Waals surface area (Å²) in [7, 11) is -3.18. The zero-order valence-electron chi connectivity index (χ0n) is 14.1. The van der Waals surface area contributed by atoms with Gasteiger partial charge in [0.25, 0.3) is 0 Å². The first-order valence-corrected chi connectivity index (χ1v) is 10.5. The van der Waals surface area contributed by atoms with Crippen LogP contribution in [0.4, 0.5) is 5.82 Å². The van der Waals surface area contributed by atoms with Crippen molar-refractivity contribution in [1.82, 2.24) is 19.7 Å². The molecule has 0 aromatic carbocycles. The smallest absolute Gasteiger partial charge is 0.340 e. The molecule has 140 valence electrons. The molecule has 0 amide bonds. The van der Waals surface area contributed by atoms with Crippen molar-refractivity contribution in [3.63, 3.8) is 0 Å². The van der Waals surface area contributed by atoms with E-state index >= 15 is 0 Å². The first-order valence-electron chi connectivity index (χ1n) is 7.70. The van der Waals surface area contributed by atoms with E-state index < -0.39 is 7.60 Å². The van der Waals surface area contributed by atoms with Gasteiger partial charge in [0.2, 0.25) is 5.65 Å². The van der Waals surface area contributed by atoms with Crippen molar-refractivity contribution in [2.75, 3.05) is 37.7 Å². The van der Waals surface area contributed by atoms with E-state index in [9.17, 15) is 9.67 Å². The van der Waals surface area contributed by atoms with Gasteiger partial charge in [0.15, 0.2) is 11.3 Å². The van der Waals surface area contributed by atoms with Gasteiger partial charge in [-0.25, -0.2) is 15.0 Å². The standard InChI is InChI=1S/C13H22N5O5PS/c1-3-22-24(20,23-4-2)9-25-10(5-19)6-21-18-8-17-11-12(14)15-7-16-13(11)18/h7-8,10,19H,3-6,9H2,1-2H3,(H2,14,15,16). The zero-order valence-corrected chi connectivity index (χ0v) is 15.8. The van der Waals surface area contributed by atoms with Crippen molar-refractivity contribution in [3.8, 4) is 0 Å². The number of anilines is 1. The lowest BCUT2D eigenvalue weighted by atomic mass is 10.5. The van der Waals surface area contributed by atoms with E-state index in [1.54, 1.807) is 13.8 Å². The van der Waals surface area contributed by atoms with E-state index in [0.29, 0.717) is 24.4 Å². The fraction of sp³-hybridized carbons (Fsp3) is 0.615. The molecule has 2 aromatic rings. The Kier molecular flexibility index (Phi) is 7.45. The molecule has 0 aliphatic rings. The van der Waals surface area contributed by atoms with Crippen molar-refractivity contribution in [2.45, 2.75) is 19.1 Å². The Morgan fingerprint density at radius 1 is 1.32 bits per heavy atom. The first-order chi connectivity index (χ1) is 12.0. The lowest BCUT2D eigenvalue weighted by Gasteiger charge is -2.20. The molecule has 0 saturated heterocycles. The summed E-state index contributed by atoms with van der Waals surface area (Å²) in [6.45, 7) is 4.07. The molecule has 0 aliphatic heterocycles. The molecular formula is C13H22N5O5PS. The summed E-state index contributed by atoms with van der Waals surface area (Å²) in [5.41, 5.74) is 6.72. The Labute approximate surface area is 149 Å². The molecule has 0 aliphatic carbocycles. The quantitative estimate of drug-likeness (QED) is 0.537. The minimum Gasteiger partial charge on any atom is -0.410 e. The first kappa shape index (κ1) is 19.9. The fourth-order valence-electron chi connectivity index (χ4n) is 1.95. The maximum absolute atomic E-state index is 12.4. The number of aromatic nitrogens is 4. The molecule has 3 N–H and O–H groups in total. The number of aliphatic hydroxyl groups is 1. The molecule has 0 fully saturated rings. The Bertz CT molecular complexity index is 720. The lowest BCUT2D eigenvalue weighted by Crippen LogP contribution is -2.25. The summed E-state index contributed by atoms with van der Waals surface area (Å²) in [5.74, 6) is 0.259. The van der Waals surface area contributed by atoms with E-state index in [2.05, 4.69) is 15.0 Å². The van der Waals surface area contributed by atoms with Crippen LogP contribution in [0.3, 0.4) is 0 Å². The van der Waals surface area contributed by atoms with E-state index in [1.807, 2.05) is 0 Å². The molecule has 10 nitrogen and oxygen atoms in total. The predicted molar refractivity (Wildman–Crippen MR) is 95.4 cm³/mol. The van der Waals surface area contributed by atoms with Crippen LogP contribution in [-0.2, 0) is 13.6 Å². The average molecular weight is 391 g/mol. The Morgan fingerprint density at radius 3 is 2.68 bits per heavy atom. The minimum absolute atomic E-state index is 0.128. The normalized spacial score (nSPS) is 13.2. The molecule has 2 heterocycles. The van der Waals surface area contributed by atoms with E-state index in [1.165, 1.54) is 29.1 Å². The molecule has 25 heavy (non-hydrogen) atoms. The van der Waals surface area contributed by atoms with Crippen LogP contribution in [0.15, 0.2) is 12.7 Å². The van der Waals surface area contributed by atoms with Crippen LogP contribution in [0.25, 0.3) is 11.2 Å². The Balaban J connectivity index is 1.95. The fourth-order valence-corrected chi connectivity index (χ4v) is 5.24. The second-order valence-electron chi connectivity index (χ2n) is 4.84. The van der Waals surface area contributed by atoms with Crippen LogP contribution < -0.4 is 10.6 Å². The molecule has 0 radical (unpaired) electrons. The molecule has 2 rings (SSSR count). The topological polar surface area (TPSA) is 135 Å². The van der Waals surface area contributed by atoms with E-state index in [-0.39, 0.29) is 29.8 Å². The van der Waals surface area contributed by atoms with Gasteiger partial charge in [0.1, 0.15) is 19.3 Å². The number of aliphatic hydroxyl groups excluding tert-OH is 1. The van der Waals surface area contributed by atoms with Crippen LogP contribution in [-0.4, -0.2) is 62.0 Å². The van der Waals surface area contributed by atoms with Gasteiger partial charge < -0.3 is 24.7 Å². The molecule has 0 saturated carbocycles. The minimum atomic E-state index is -3.18. The molecule has 1 unspecified atom stereocenters. The third-order valence-corrected chi connectivity index (χ3v) is 6.98. The number of hydrogen-bond donors (Lipinski definition) is 2. The van der Waals surface area contributed by atoms with Crippen molar-refractivity contribution in [2.24, 2.45) is 0 Å². The monoisotopic (exact) mass is 391 g/mol. The van der Waals surface area contributed by atoms with E-state index in [0.717, 1.165) is 0 Å². The van der Waals surface area contributed by atoms with Crippen LogP contribution in [0.2, 0.25) is 0 Å². The van der Waals surface area contributed by atoms with Gasteiger partial charge in [-0.05, 0) is 13.8 Å². The second kappa shape index (κ2) is 9.35. The highest BCUT2D eigenvalue weighted by atomic mass is 32.2. The lowest BCUT2D eigenvalue weighted by molar-refractivity contribution is 0.106. The third-order valence-electron chi connectivity index (χ3n) is 3.05. The number of rotatable bonds is 11. The summed E-state index contributed by atoms with van der Waals surface area (Å²) >= 11 is 1.26. The molecule has 0 spiro atoms. The van der Waals surface area contributed by atoms with Crippen molar-refractivity contribution in [1.29, 1.82) is 0 Å². The van der Waals surface area contributed by atoms with Gasteiger partial charge in [-0.1, -0.05) is 0 Å². The highest BCUT2D eigenvalue weighted by molar-refractivity contribution is 8.05. The number of nitrogens with zero attached hydrogens (tertiary/aromatic N) is 4. The maximum Gasteiger partial charge on any atom is 0.340 e. The summed E-state index contributed by atoms with van der Waals surface area (Å²) in [5, 5.41) is 9.20. The largest absolute Gasteiger partial charge is 0.410 e. The van der Waals surface area contributed by atoms with E-state index in [4.69, 9.17) is 19.6 Å². The van der Waals surface area contributed by atoms with Gasteiger partial charge in [-0.3, -0.25) is 4.57 Å². The highest BCUT2D eigenvalue weighted by Crippen LogP contribution is 2.51. The predicted octanol–water partition coefficient (Wildman–Crippen LogP) is 1.15. The number of hydrogen-bond acceptors (Lipinski definition) is 10. The van der Waals surface area contributed by atoms with Gasteiger partial charge >= 0.3 is 7.60 Å². The van der Waals surface area contributed by atoms with Crippen LogP contribution in [0.5, 0.6) is 0 Å². The van der Waals surface area contributed by atoms with Crippen LogP contribution >= 0.6 is 19.4 Å². The van der Waals surface area contributed by atoms with Gasteiger partial charge in [0, 0.05) is 0 Å². The molecule has 2 aromatic heterocycles. The zero-order chi connectivity index (χ0) is 18.3. The summed E-state index contributed by atoms with van der Waals surface area (Å²) in [6, 6.07) is 0. The molecule has 0 bridgehead atoms. The van der Waals surface area contributed by atoms with Crippen molar-refractivity contribution >= 4 is 36.3 Å². The Hall–Kier alpha value is -1.39. The number of fused-ring (bicyclic) bond motifs is 1.